The fourth-order valence-corrected chi connectivity index (χ4v) is 3.39. The molecule has 0 spiro atoms. The van der Waals surface area contributed by atoms with Gasteiger partial charge in [0.05, 0.1) is 11.4 Å². The Hall–Kier alpha value is -1.51. The van der Waals surface area contributed by atoms with E-state index in [1.807, 2.05) is 31.3 Å². The number of carbonyl (C=O) groups is 1. The van der Waals surface area contributed by atoms with Crippen molar-refractivity contribution in [3.8, 4) is 0 Å². The Morgan fingerprint density at radius 3 is 2.24 bits per heavy atom. The summed E-state index contributed by atoms with van der Waals surface area (Å²) >= 11 is 0. The molecule has 1 saturated carbocycles. The van der Waals surface area contributed by atoms with Crippen LogP contribution in [0.3, 0.4) is 0 Å². The molecule has 0 bridgehead atoms. The number of benzene rings is 1. The molecule has 21 heavy (non-hydrogen) atoms. The Balaban J connectivity index is 2.01. The molecular weight excluding hydrogens is 260 g/mol. The van der Waals surface area contributed by atoms with Gasteiger partial charge in [0.15, 0.2) is 0 Å². The minimum atomic E-state index is 0.146. The fourth-order valence-electron chi connectivity index (χ4n) is 3.39. The van der Waals surface area contributed by atoms with Crippen molar-refractivity contribution in [2.45, 2.75) is 46.5 Å². The van der Waals surface area contributed by atoms with Crippen LogP contribution in [0.4, 0.5) is 11.4 Å². The molecule has 1 amide bonds. The van der Waals surface area contributed by atoms with E-state index in [4.69, 9.17) is 5.73 Å². The molecule has 1 aromatic rings. The van der Waals surface area contributed by atoms with Gasteiger partial charge in [0.1, 0.15) is 0 Å². The minimum Gasteiger partial charge on any atom is -0.397 e. The fraction of sp³-hybridized carbons (Fsp3) is 0.611. The average Bonchev–Trinajstić information content (AvgIpc) is 2.45. The molecule has 0 radical (unpaired) electrons. The highest BCUT2D eigenvalue weighted by atomic mass is 16.2. The lowest BCUT2D eigenvalue weighted by molar-refractivity contribution is -0.123. The molecule has 3 nitrogen and oxygen atoms in total. The van der Waals surface area contributed by atoms with Crippen LogP contribution in [0.15, 0.2) is 24.3 Å². The molecule has 1 aliphatic rings. The zero-order chi connectivity index (χ0) is 15.6. The van der Waals surface area contributed by atoms with Gasteiger partial charge in [0, 0.05) is 13.0 Å². The summed E-state index contributed by atoms with van der Waals surface area (Å²) in [6.45, 7) is 6.91. The van der Waals surface area contributed by atoms with Gasteiger partial charge in [-0.05, 0) is 49.1 Å². The smallest absolute Gasteiger partial charge is 0.229 e. The van der Waals surface area contributed by atoms with Crippen molar-refractivity contribution in [1.82, 2.24) is 0 Å². The summed E-state index contributed by atoms with van der Waals surface area (Å²) in [4.78, 5) is 14.4. The van der Waals surface area contributed by atoms with Crippen molar-refractivity contribution < 1.29 is 4.79 Å². The molecule has 0 aromatic heterocycles. The largest absolute Gasteiger partial charge is 0.397 e. The summed E-state index contributed by atoms with van der Waals surface area (Å²) in [5.41, 5.74) is 7.81. The van der Waals surface area contributed by atoms with E-state index < -0.39 is 0 Å². The van der Waals surface area contributed by atoms with E-state index in [2.05, 4.69) is 20.8 Å². The lowest BCUT2D eigenvalue weighted by atomic mass is 9.69. The summed E-state index contributed by atoms with van der Waals surface area (Å²) < 4.78 is 0. The number of amides is 1. The molecule has 0 saturated heterocycles. The van der Waals surface area contributed by atoms with E-state index in [-0.39, 0.29) is 11.8 Å². The highest BCUT2D eigenvalue weighted by Gasteiger charge is 2.33. The first kappa shape index (κ1) is 15.9. The molecule has 1 fully saturated rings. The number of hydrogen-bond donors (Lipinski definition) is 1. The van der Waals surface area contributed by atoms with Gasteiger partial charge >= 0.3 is 0 Å². The number of nitrogens with two attached hydrogens (primary N) is 1. The van der Waals surface area contributed by atoms with Crippen LogP contribution in [-0.2, 0) is 4.79 Å². The van der Waals surface area contributed by atoms with Gasteiger partial charge in [-0.1, -0.05) is 32.9 Å². The monoisotopic (exact) mass is 288 g/mol. The zero-order valence-corrected chi connectivity index (χ0v) is 13.7. The molecule has 0 aliphatic heterocycles. The number of anilines is 2. The van der Waals surface area contributed by atoms with Gasteiger partial charge in [0.2, 0.25) is 5.91 Å². The highest BCUT2D eigenvalue weighted by Crippen LogP contribution is 2.40. The Morgan fingerprint density at radius 1 is 1.14 bits per heavy atom. The van der Waals surface area contributed by atoms with Crippen LogP contribution in [0.25, 0.3) is 0 Å². The van der Waals surface area contributed by atoms with Gasteiger partial charge in [-0.25, -0.2) is 0 Å². The van der Waals surface area contributed by atoms with Crippen LogP contribution in [0.1, 0.15) is 46.5 Å². The standard InChI is InChI=1S/C18H28N2O/c1-18(2,3)14-11-9-13(10-12-14)17(21)20(4)16-8-6-5-7-15(16)19/h5-8,13-14H,9-12,19H2,1-4H3. The van der Waals surface area contributed by atoms with Gasteiger partial charge in [-0.2, -0.15) is 0 Å². The summed E-state index contributed by atoms with van der Waals surface area (Å²) in [6, 6.07) is 7.57. The molecule has 0 heterocycles. The lowest BCUT2D eigenvalue weighted by Gasteiger charge is -2.37. The van der Waals surface area contributed by atoms with Crippen molar-refractivity contribution >= 4 is 17.3 Å². The second-order valence-electron chi connectivity index (χ2n) is 7.37. The third kappa shape index (κ3) is 3.58. The molecule has 116 valence electrons. The number of para-hydroxylation sites is 2. The second kappa shape index (κ2) is 6.08. The van der Waals surface area contributed by atoms with Crippen molar-refractivity contribution in [2.75, 3.05) is 17.7 Å². The number of nitrogens with zero attached hydrogens (tertiary/aromatic N) is 1. The van der Waals surface area contributed by atoms with Gasteiger partial charge in [0.25, 0.3) is 0 Å². The molecule has 0 unspecified atom stereocenters. The molecular formula is C18H28N2O. The molecule has 2 N–H and O–H groups in total. The number of hydrogen-bond acceptors (Lipinski definition) is 2. The quantitative estimate of drug-likeness (QED) is 0.833. The maximum absolute atomic E-state index is 12.7. The molecule has 0 atom stereocenters. The van der Waals surface area contributed by atoms with Crippen LogP contribution < -0.4 is 10.6 Å². The summed E-state index contributed by atoms with van der Waals surface area (Å²) in [6.07, 6.45) is 4.30. The molecule has 1 aromatic carbocycles. The maximum atomic E-state index is 12.7. The third-order valence-corrected chi connectivity index (χ3v) is 4.93. The van der Waals surface area contributed by atoms with Crippen LogP contribution >= 0.6 is 0 Å². The normalized spacial score (nSPS) is 22.9. The average molecular weight is 288 g/mol. The summed E-state index contributed by atoms with van der Waals surface area (Å²) in [5, 5.41) is 0. The van der Waals surface area contributed by atoms with Crippen LogP contribution in [0.5, 0.6) is 0 Å². The SMILES string of the molecule is CN(C(=O)C1CCC(C(C)(C)C)CC1)c1ccccc1N. The molecule has 2 rings (SSSR count). The Labute approximate surface area is 128 Å². The minimum absolute atomic E-state index is 0.146. The number of rotatable bonds is 2. The van der Waals surface area contributed by atoms with Crippen LogP contribution in [0.2, 0.25) is 0 Å². The van der Waals surface area contributed by atoms with Crippen molar-refractivity contribution in [1.29, 1.82) is 0 Å². The van der Waals surface area contributed by atoms with E-state index in [0.717, 1.165) is 37.3 Å². The first-order chi connectivity index (χ1) is 9.80. The Kier molecular flexibility index (Phi) is 4.60. The maximum Gasteiger partial charge on any atom is 0.229 e. The van der Waals surface area contributed by atoms with Crippen LogP contribution in [0, 0.1) is 17.3 Å². The highest BCUT2D eigenvalue weighted by molar-refractivity contribution is 5.97. The van der Waals surface area contributed by atoms with Gasteiger partial charge in [-0.15, -0.1) is 0 Å². The predicted molar refractivity (Wildman–Crippen MR) is 89.2 cm³/mol. The van der Waals surface area contributed by atoms with E-state index in [1.165, 1.54) is 0 Å². The number of carbonyl (C=O) groups excluding carboxylic acids is 1. The second-order valence-corrected chi connectivity index (χ2v) is 7.37. The van der Waals surface area contributed by atoms with Gasteiger partial charge in [-0.3, -0.25) is 4.79 Å². The van der Waals surface area contributed by atoms with E-state index in [0.29, 0.717) is 11.1 Å². The molecule has 3 heteroatoms. The Morgan fingerprint density at radius 2 is 1.71 bits per heavy atom. The third-order valence-electron chi connectivity index (χ3n) is 4.93. The van der Waals surface area contributed by atoms with E-state index >= 15 is 0 Å². The van der Waals surface area contributed by atoms with Crippen molar-refractivity contribution in [3.63, 3.8) is 0 Å². The number of nitrogen functional groups attached to an aromatic ring is 1. The lowest BCUT2D eigenvalue weighted by Crippen LogP contribution is -2.37. The van der Waals surface area contributed by atoms with Gasteiger partial charge < -0.3 is 10.6 Å². The predicted octanol–water partition coefficient (Wildman–Crippen LogP) is 4.08. The van der Waals surface area contributed by atoms with E-state index in [1.54, 1.807) is 4.90 Å². The Bertz CT molecular complexity index is 496. The van der Waals surface area contributed by atoms with Crippen molar-refractivity contribution in [2.24, 2.45) is 17.3 Å². The van der Waals surface area contributed by atoms with Crippen LogP contribution in [-0.4, -0.2) is 13.0 Å². The summed E-state index contributed by atoms with van der Waals surface area (Å²) in [5.74, 6) is 1.09. The van der Waals surface area contributed by atoms with E-state index in [9.17, 15) is 4.79 Å². The topological polar surface area (TPSA) is 46.3 Å². The molecule has 1 aliphatic carbocycles. The first-order valence-corrected chi connectivity index (χ1v) is 7.92. The first-order valence-electron chi connectivity index (χ1n) is 7.92. The van der Waals surface area contributed by atoms with Crippen molar-refractivity contribution in [3.05, 3.63) is 24.3 Å². The summed E-state index contributed by atoms with van der Waals surface area (Å²) in [7, 11) is 1.84. The zero-order valence-electron chi connectivity index (χ0n) is 13.7.